The number of carbonyl (C=O) groups excluding carboxylic acids is 1. The Labute approximate surface area is 134 Å². The zero-order valence-corrected chi connectivity index (χ0v) is 13.4. The number of carbonyl (C=O) groups is 1. The fourth-order valence-corrected chi connectivity index (χ4v) is 3.51. The summed E-state index contributed by atoms with van der Waals surface area (Å²) < 4.78 is 29.9. The van der Waals surface area contributed by atoms with Crippen molar-refractivity contribution in [2.45, 2.75) is 13.0 Å². The van der Waals surface area contributed by atoms with Crippen LogP contribution in [0.3, 0.4) is 0 Å². The monoisotopic (exact) mass is 335 g/mol. The highest BCUT2D eigenvalue weighted by Crippen LogP contribution is 2.32. The van der Waals surface area contributed by atoms with E-state index in [9.17, 15) is 13.2 Å². The second-order valence-electron chi connectivity index (χ2n) is 5.32. The maximum absolute atomic E-state index is 11.9. The smallest absolute Gasteiger partial charge is 0.319 e. The molecule has 7 nitrogen and oxygen atoms in total. The van der Waals surface area contributed by atoms with Crippen LogP contribution in [0, 0.1) is 0 Å². The van der Waals surface area contributed by atoms with Crippen LogP contribution in [-0.4, -0.2) is 27.2 Å². The molecule has 122 valence electrons. The van der Waals surface area contributed by atoms with Crippen molar-refractivity contribution in [2.75, 3.05) is 22.4 Å². The molecule has 0 aliphatic carbocycles. The quantitative estimate of drug-likeness (QED) is 0.893. The van der Waals surface area contributed by atoms with Crippen LogP contribution in [0.5, 0.6) is 0 Å². The molecule has 0 unspecified atom stereocenters. The maximum Gasteiger partial charge on any atom is 0.319 e. The van der Waals surface area contributed by atoms with Gasteiger partial charge in [-0.15, -0.1) is 0 Å². The molecule has 0 saturated carbocycles. The highest BCUT2D eigenvalue weighted by atomic mass is 32.2. The molecule has 2 aromatic rings. The molecule has 8 heteroatoms. The highest BCUT2D eigenvalue weighted by Gasteiger charge is 2.26. The van der Waals surface area contributed by atoms with Gasteiger partial charge in [-0.2, -0.15) is 0 Å². The van der Waals surface area contributed by atoms with Crippen LogP contribution in [-0.2, 0) is 23.0 Å². The summed E-state index contributed by atoms with van der Waals surface area (Å²) in [7, 11) is -3.26. The van der Waals surface area contributed by atoms with Gasteiger partial charge in [-0.05, 0) is 42.3 Å². The number of nitrogens with one attached hydrogen (secondary N) is 2. The van der Waals surface area contributed by atoms with E-state index in [0.29, 0.717) is 36.6 Å². The van der Waals surface area contributed by atoms with Gasteiger partial charge in [0.1, 0.15) is 5.76 Å². The van der Waals surface area contributed by atoms with Crippen LogP contribution in [0.25, 0.3) is 0 Å². The van der Waals surface area contributed by atoms with Gasteiger partial charge in [-0.3, -0.25) is 4.31 Å². The zero-order chi connectivity index (χ0) is 16.4. The van der Waals surface area contributed by atoms with Gasteiger partial charge in [0.25, 0.3) is 0 Å². The first-order valence-corrected chi connectivity index (χ1v) is 8.96. The first-order valence-electron chi connectivity index (χ1n) is 7.11. The van der Waals surface area contributed by atoms with E-state index >= 15 is 0 Å². The average Bonchev–Trinajstić information content (AvgIpc) is 3.13. The number of anilines is 2. The third-order valence-electron chi connectivity index (χ3n) is 3.59. The molecule has 0 fully saturated rings. The van der Waals surface area contributed by atoms with E-state index in [1.54, 1.807) is 36.6 Å². The summed E-state index contributed by atoms with van der Waals surface area (Å²) in [5.41, 5.74) is 2.20. The average molecular weight is 335 g/mol. The zero-order valence-electron chi connectivity index (χ0n) is 12.6. The number of furan rings is 1. The molecule has 2 N–H and O–H groups in total. The van der Waals surface area contributed by atoms with Crippen molar-refractivity contribution in [1.29, 1.82) is 0 Å². The molecule has 1 aliphatic rings. The largest absolute Gasteiger partial charge is 0.467 e. The van der Waals surface area contributed by atoms with Crippen molar-refractivity contribution in [3.05, 3.63) is 47.9 Å². The molecule has 3 rings (SSSR count). The molecular formula is C15H17N3O4S. The van der Waals surface area contributed by atoms with Crippen LogP contribution < -0.4 is 14.9 Å². The molecular weight excluding hydrogens is 318 g/mol. The van der Waals surface area contributed by atoms with Crippen molar-refractivity contribution in [3.8, 4) is 0 Å². The standard InChI is InChI=1S/C15H17N3O4S/c1-23(20,21)18-7-6-11-9-12(4-5-14(11)18)17-15(19)16-10-13-3-2-8-22-13/h2-5,8-9H,6-7,10H2,1H3,(H2,16,17,19). The summed E-state index contributed by atoms with van der Waals surface area (Å²) in [6.07, 6.45) is 3.37. The highest BCUT2D eigenvalue weighted by molar-refractivity contribution is 7.92. The Balaban J connectivity index is 1.65. The Morgan fingerprint density at radius 2 is 2.17 bits per heavy atom. The molecule has 1 aromatic carbocycles. The number of sulfonamides is 1. The van der Waals surface area contributed by atoms with Crippen molar-refractivity contribution in [2.24, 2.45) is 0 Å². The fraction of sp³-hybridized carbons (Fsp3) is 0.267. The molecule has 1 aromatic heterocycles. The Morgan fingerprint density at radius 1 is 1.35 bits per heavy atom. The third-order valence-corrected chi connectivity index (χ3v) is 4.77. The number of benzene rings is 1. The SMILES string of the molecule is CS(=O)(=O)N1CCc2cc(NC(=O)NCc3ccco3)ccc21. The number of hydrogen-bond donors (Lipinski definition) is 2. The van der Waals surface area contributed by atoms with E-state index in [2.05, 4.69) is 10.6 Å². The van der Waals surface area contributed by atoms with E-state index in [0.717, 1.165) is 5.56 Å². The Hall–Kier alpha value is -2.48. The third kappa shape index (κ3) is 3.48. The van der Waals surface area contributed by atoms with Gasteiger partial charge >= 0.3 is 6.03 Å². The van der Waals surface area contributed by atoms with E-state index < -0.39 is 10.0 Å². The van der Waals surface area contributed by atoms with Gasteiger partial charge in [0.2, 0.25) is 10.0 Å². The lowest BCUT2D eigenvalue weighted by Crippen LogP contribution is -2.28. The number of amides is 2. The summed E-state index contributed by atoms with van der Waals surface area (Å²) in [6, 6.07) is 8.38. The summed E-state index contributed by atoms with van der Waals surface area (Å²) in [6.45, 7) is 0.730. The van der Waals surface area contributed by atoms with E-state index in [4.69, 9.17) is 4.42 Å². The fourth-order valence-electron chi connectivity index (χ4n) is 2.55. The van der Waals surface area contributed by atoms with Crippen molar-refractivity contribution in [3.63, 3.8) is 0 Å². The molecule has 2 heterocycles. The molecule has 0 bridgehead atoms. The van der Waals surface area contributed by atoms with Gasteiger partial charge in [-0.1, -0.05) is 0 Å². The van der Waals surface area contributed by atoms with E-state index in [1.807, 2.05) is 0 Å². The van der Waals surface area contributed by atoms with Gasteiger partial charge in [0.05, 0.1) is 24.8 Å². The Bertz CT molecular complexity index is 815. The first-order chi connectivity index (χ1) is 10.9. The Morgan fingerprint density at radius 3 is 2.87 bits per heavy atom. The van der Waals surface area contributed by atoms with Gasteiger partial charge in [-0.25, -0.2) is 13.2 Å². The van der Waals surface area contributed by atoms with Gasteiger partial charge < -0.3 is 15.1 Å². The number of hydrogen-bond acceptors (Lipinski definition) is 4. The summed E-state index contributed by atoms with van der Waals surface area (Å²) in [4.78, 5) is 11.9. The lowest BCUT2D eigenvalue weighted by Gasteiger charge is -2.16. The maximum atomic E-state index is 11.9. The predicted molar refractivity (Wildman–Crippen MR) is 86.9 cm³/mol. The van der Waals surface area contributed by atoms with E-state index in [-0.39, 0.29) is 6.03 Å². The normalized spacial score (nSPS) is 13.7. The second kappa shape index (κ2) is 5.96. The van der Waals surface area contributed by atoms with Crippen LogP contribution in [0.1, 0.15) is 11.3 Å². The summed E-state index contributed by atoms with van der Waals surface area (Å²) in [5, 5.41) is 5.41. The Kier molecular flexibility index (Phi) is 3.99. The summed E-state index contributed by atoms with van der Waals surface area (Å²) >= 11 is 0. The van der Waals surface area contributed by atoms with Crippen LogP contribution in [0.15, 0.2) is 41.0 Å². The molecule has 0 saturated heterocycles. The summed E-state index contributed by atoms with van der Waals surface area (Å²) in [5.74, 6) is 0.665. The van der Waals surface area contributed by atoms with Crippen molar-refractivity contribution < 1.29 is 17.6 Å². The van der Waals surface area contributed by atoms with Gasteiger partial charge in [0.15, 0.2) is 0 Å². The minimum Gasteiger partial charge on any atom is -0.467 e. The lowest BCUT2D eigenvalue weighted by molar-refractivity contribution is 0.251. The molecule has 0 spiro atoms. The van der Waals surface area contributed by atoms with Crippen molar-refractivity contribution >= 4 is 27.4 Å². The molecule has 2 amide bonds. The number of fused-ring (bicyclic) bond motifs is 1. The van der Waals surface area contributed by atoms with Crippen LogP contribution in [0.4, 0.5) is 16.2 Å². The molecule has 1 aliphatic heterocycles. The minimum atomic E-state index is -3.26. The van der Waals surface area contributed by atoms with E-state index in [1.165, 1.54) is 10.6 Å². The second-order valence-corrected chi connectivity index (χ2v) is 7.22. The van der Waals surface area contributed by atoms with Crippen LogP contribution >= 0.6 is 0 Å². The topological polar surface area (TPSA) is 91.7 Å². The number of urea groups is 1. The molecule has 23 heavy (non-hydrogen) atoms. The molecule has 0 radical (unpaired) electrons. The first kappa shape index (κ1) is 15.4. The van der Waals surface area contributed by atoms with Crippen LogP contribution in [0.2, 0.25) is 0 Å². The predicted octanol–water partition coefficient (Wildman–Crippen LogP) is 1.92. The minimum absolute atomic E-state index is 0.297. The lowest BCUT2D eigenvalue weighted by atomic mass is 10.1. The number of rotatable bonds is 4. The van der Waals surface area contributed by atoms with Gasteiger partial charge in [0, 0.05) is 12.2 Å². The molecule has 0 atom stereocenters. The van der Waals surface area contributed by atoms with Crippen molar-refractivity contribution in [1.82, 2.24) is 5.32 Å². The number of nitrogens with zero attached hydrogens (tertiary/aromatic N) is 1.